The van der Waals surface area contributed by atoms with Gasteiger partial charge in [0.2, 0.25) is 5.91 Å². The summed E-state index contributed by atoms with van der Waals surface area (Å²) in [4.78, 5) is 10.6. The third kappa shape index (κ3) is 4.11. The third-order valence-corrected chi connectivity index (χ3v) is 2.38. The molecule has 1 rings (SSSR count). The molecule has 0 heterocycles. The number of aliphatic hydroxyl groups excluding tert-OH is 2. The number of hydrogen-bond donors (Lipinski definition) is 4. The summed E-state index contributed by atoms with van der Waals surface area (Å²) in [6.45, 7) is 0. The van der Waals surface area contributed by atoms with Gasteiger partial charge in [-0.05, 0) is 23.8 Å². The molecule has 0 aromatic heterocycles. The Kier molecular flexibility index (Phi) is 4.38. The van der Waals surface area contributed by atoms with Gasteiger partial charge in [-0.2, -0.15) is 13.2 Å². The fourth-order valence-electron chi connectivity index (χ4n) is 1.51. The second-order valence-corrected chi connectivity index (χ2v) is 3.99. The summed E-state index contributed by atoms with van der Waals surface area (Å²) in [7, 11) is 0. The molecule has 1 aromatic carbocycles. The smallest absolute Gasteiger partial charge is 0.416 e. The molecule has 0 aliphatic carbocycles. The molecule has 1 amide bonds. The summed E-state index contributed by atoms with van der Waals surface area (Å²) < 4.78 is 37.5. The van der Waals surface area contributed by atoms with E-state index >= 15 is 0 Å². The van der Waals surface area contributed by atoms with Crippen molar-refractivity contribution < 1.29 is 33.3 Å². The number of amides is 1. The highest BCUT2D eigenvalue weighted by molar-refractivity contribution is 5.74. The lowest BCUT2D eigenvalue weighted by atomic mass is 9.99. The molecular formula is C11H12F3NO4. The SMILES string of the molecule is NC(=O)CC(O)C(O)c1cc(O)cc(C(F)(F)F)c1. The predicted molar refractivity (Wildman–Crippen MR) is 57.9 cm³/mol. The Morgan fingerprint density at radius 2 is 1.84 bits per heavy atom. The molecule has 2 unspecified atom stereocenters. The van der Waals surface area contributed by atoms with E-state index in [-0.39, 0.29) is 5.56 Å². The highest BCUT2D eigenvalue weighted by atomic mass is 19.4. The van der Waals surface area contributed by atoms with Crippen LogP contribution in [-0.2, 0) is 11.0 Å². The second-order valence-electron chi connectivity index (χ2n) is 3.99. The monoisotopic (exact) mass is 279 g/mol. The van der Waals surface area contributed by atoms with Crippen LogP contribution in [0.1, 0.15) is 23.7 Å². The molecule has 1 aromatic rings. The average Bonchev–Trinajstić information content (AvgIpc) is 2.25. The Labute approximate surface area is 106 Å². The molecule has 0 radical (unpaired) electrons. The molecule has 2 atom stereocenters. The van der Waals surface area contributed by atoms with Gasteiger partial charge < -0.3 is 21.1 Å². The normalized spacial score (nSPS) is 15.0. The fourth-order valence-corrected chi connectivity index (χ4v) is 1.51. The summed E-state index contributed by atoms with van der Waals surface area (Å²) in [5.74, 6) is -1.63. The Hall–Kier alpha value is -1.80. The zero-order valence-electron chi connectivity index (χ0n) is 9.55. The zero-order valence-corrected chi connectivity index (χ0v) is 9.55. The number of phenolic OH excluding ortho intramolecular Hbond substituents is 1. The maximum absolute atomic E-state index is 12.5. The Morgan fingerprint density at radius 1 is 1.26 bits per heavy atom. The van der Waals surface area contributed by atoms with E-state index in [0.29, 0.717) is 12.1 Å². The van der Waals surface area contributed by atoms with Gasteiger partial charge in [-0.3, -0.25) is 4.79 Å². The van der Waals surface area contributed by atoms with Crippen molar-refractivity contribution in [1.29, 1.82) is 0 Å². The van der Waals surface area contributed by atoms with E-state index in [1.165, 1.54) is 0 Å². The molecule has 0 saturated carbocycles. The first-order valence-corrected chi connectivity index (χ1v) is 5.17. The van der Waals surface area contributed by atoms with Crippen LogP contribution >= 0.6 is 0 Å². The lowest BCUT2D eigenvalue weighted by molar-refractivity contribution is -0.138. The number of hydrogen-bond acceptors (Lipinski definition) is 4. The number of alkyl halides is 3. The minimum absolute atomic E-state index is 0.360. The molecule has 0 saturated heterocycles. The topological polar surface area (TPSA) is 104 Å². The second kappa shape index (κ2) is 5.45. The first-order valence-electron chi connectivity index (χ1n) is 5.17. The zero-order chi connectivity index (χ0) is 14.8. The minimum Gasteiger partial charge on any atom is -0.508 e. The third-order valence-electron chi connectivity index (χ3n) is 2.38. The lowest BCUT2D eigenvalue weighted by Crippen LogP contribution is -2.25. The molecule has 0 aliphatic rings. The molecule has 0 aliphatic heterocycles. The largest absolute Gasteiger partial charge is 0.508 e. The van der Waals surface area contributed by atoms with Crippen molar-refractivity contribution in [2.75, 3.05) is 0 Å². The number of nitrogens with two attached hydrogens (primary N) is 1. The quantitative estimate of drug-likeness (QED) is 0.650. The van der Waals surface area contributed by atoms with E-state index in [0.717, 1.165) is 6.07 Å². The number of primary amides is 1. The lowest BCUT2D eigenvalue weighted by Gasteiger charge is -2.18. The average molecular weight is 279 g/mol. The van der Waals surface area contributed by atoms with Crippen molar-refractivity contribution >= 4 is 5.91 Å². The Balaban J connectivity index is 3.06. The summed E-state index contributed by atoms with van der Waals surface area (Å²) in [6, 6.07) is 1.93. The molecule has 5 N–H and O–H groups in total. The van der Waals surface area contributed by atoms with E-state index in [9.17, 15) is 33.3 Å². The van der Waals surface area contributed by atoms with Crippen molar-refractivity contribution in [1.82, 2.24) is 0 Å². The number of phenols is 1. The number of halogens is 3. The van der Waals surface area contributed by atoms with E-state index in [1.807, 2.05) is 0 Å². The van der Waals surface area contributed by atoms with Gasteiger partial charge in [-0.1, -0.05) is 0 Å². The predicted octanol–water partition coefficient (Wildman–Crippen LogP) is 0.681. The highest BCUT2D eigenvalue weighted by Crippen LogP contribution is 2.34. The molecule has 19 heavy (non-hydrogen) atoms. The number of carbonyl (C=O) groups excluding carboxylic acids is 1. The van der Waals surface area contributed by atoms with Crippen LogP contribution in [0.4, 0.5) is 13.2 Å². The van der Waals surface area contributed by atoms with Crippen LogP contribution in [0, 0.1) is 0 Å². The van der Waals surface area contributed by atoms with Crippen LogP contribution < -0.4 is 5.73 Å². The van der Waals surface area contributed by atoms with Crippen LogP contribution in [0.3, 0.4) is 0 Å². The van der Waals surface area contributed by atoms with E-state index in [4.69, 9.17) is 5.73 Å². The molecule has 0 bridgehead atoms. The van der Waals surface area contributed by atoms with Gasteiger partial charge in [-0.25, -0.2) is 0 Å². The Bertz CT molecular complexity index is 475. The van der Waals surface area contributed by atoms with Crippen LogP contribution in [0.5, 0.6) is 5.75 Å². The number of carbonyl (C=O) groups is 1. The van der Waals surface area contributed by atoms with Crippen LogP contribution in [-0.4, -0.2) is 27.3 Å². The first kappa shape index (κ1) is 15.3. The molecule has 8 heteroatoms. The fraction of sp³-hybridized carbons (Fsp3) is 0.364. The summed E-state index contributed by atoms with van der Waals surface area (Å²) >= 11 is 0. The standard InChI is InChI=1S/C11H12F3NO4/c12-11(13,14)6-1-5(2-7(16)3-6)10(19)8(17)4-9(15)18/h1-3,8,10,16-17,19H,4H2,(H2,15,18). The van der Waals surface area contributed by atoms with Gasteiger partial charge >= 0.3 is 6.18 Å². The number of aromatic hydroxyl groups is 1. The van der Waals surface area contributed by atoms with E-state index in [2.05, 4.69) is 0 Å². The van der Waals surface area contributed by atoms with E-state index in [1.54, 1.807) is 0 Å². The first-order chi connectivity index (χ1) is 8.61. The number of aliphatic hydroxyl groups is 2. The van der Waals surface area contributed by atoms with Crippen molar-refractivity contribution in [3.8, 4) is 5.75 Å². The van der Waals surface area contributed by atoms with Gasteiger partial charge in [0.05, 0.1) is 18.1 Å². The van der Waals surface area contributed by atoms with Crippen molar-refractivity contribution in [3.05, 3.63) is 29.3 Å². The molecular weight excluding hydrogens is 267 g/mol. The van der Waals surface area contributed by atoms with Crippen molar-refractivity contribution in [2.24, 2.45) is 5.73 Å². The van der Waals surface area contributed by atoms with Crippen LogP contribution in [0.15, 0.2) is 18.2 Å². The van der Waals surface area contributed by atoms with Crippen LogP contribution in [0.2, 0.25) is 0 Å². The number of benzene rings is 1. The molecule has 106 valence electrons. The summed E-state index contributed by atoms with van der Waals surface area (Å²) in [6.07, 6.45) is -8.74. The highest BCUT2D eigenvalue weighted by Gasteiger charge is 2.32. The van der Waals surface area contributed by atoms with Crippen molar-refractivity contribution in [3.63, 3.8) is 0 Å². The van der Waals surface area contributed by atoms with Crippen LogP contribution in [0.25, 0.3) is 0 Å². The number of rotatable bonds is 4. The minimum atomic E-state index is -4.71. The summed E-state index contributed by atoms with van der Waals surface area (Å²) in [5.41, 5.74) is 3.27. The van der Waals surface area contributed by atoms with Gasteiger partial charge in [-0.15, -0.1) is 0 Å². The maximum Gasteiger partial charge on any atom is 0.416 e. The van der Waals surface area contributed by atoms with Gasteiger partial charge in [0, 0.05) is 0 Å². The molecule has 5 nitrogen and oxygen atoms in total. The molecule has 0 fully saturated rings. The van der Waals surface area contributed by atoms with Crippen molar-refractivity contribution in [2.45, 2.75) is 24.8 Å². The van der Waals surface area contributed by atoms with E-state index < -0.39 is 42.0 Å². The molecule has 0 spiro atoms. The maximum atomic E-state index is 12.5. The van der Waals surface area contributed by atoms with Gasteiger partial charge in [0.1, 0.15) is 11.9 Å². The Morgan fingerprint density at radius 3 is 2.32 bits per heavy atom. The van der Waals surface area contributed by atoms with Gasteiger partial charge in [0.15, 0.2) is 0 Å². The summed E-state index contributed by atoms with van der Waals surface area (Å²) in [5, 5.41) is 28.2. The van der Waals surface area contributed by atoms with Gasteiger partial charge in [0.25, 0.3) is 0 Å².